The number of quaternary nitrogens is 2. The van der Waals surface area contributed by atoms with Crippen LogP contribution in [0.3, 0.4) is 0 Å². The Morgan fingerprint density at radius 3 is 1.57 bits per heavy atom. The van der Waals surface area contributed by atoms with E-state index in [1.807, 2.05) is 0 Å². The van der Waals surface area contributed by atoms with E-state index in [0.29, 0.717) is 9.69 Å². The normalized spacial score (nSPS) is 8.73. The maximum atomic E-state index is 10.2. The fourth-order valence-electron chi connectivity index (χ4n) is 1.09. The van der Waals surface area contributed by atoms with Gasteiger partial charge in [0.1, 0.15) is 23.3 Å². The average molecular weight is 444 g/mol. The summed E-state index contributed by atoms with van der Waals surface area (Å²) in [7, 11) is 0. The lowest BCUT2D eigenvalue weighted by Gasteiger charge is -2.13. The molecule has 0 bridgehead atoms. The Morgan fingerprint density at radius 1 is 0.933 bits per heavy atom. The summed E-state index contributed by atoms with van der Waals surface area (Å²) in [5.41, 5.74) is 9.81. The van der Waals surface area contributed by atoms with Gasteiger partial charge in [0.05, 0.1) is 0 Å². The molecule has 30 heavy (non-hydrogen) atoms. The Labute approximate surface area is 162 Å². The Kier molecular flexibility index (Phi) is 13.1. The van der Waals surface area contributed by atoms with Crippen LogP contribution in [0, 0.1) is 20.2 Å². The van der Waals surface area contributed by atoms with Crippen molar-refractivity contribution in [1.29, 1.82) is 0 Å². The van der Waals surface area contributed by atoms with Crippen LogP contribution >= 0.6 is 0 Å². The lowest BCUT2D eigenvalue weighted by Crippen LogP contribution is -2.77. The Bertz CT molecular complexity index is 713. The number of tetrazole rings is 2. The molecule has 0 aliphatic heterocycles. The number of amides is 2. The van der Waals surface area contributed by atoms with Gasteiger partial charge < -0.3 is 20.6 Å². The largest absolute Gasteiger partial charge is 0.445 e. The van der Waals surface area contributed by atoms with Crippen LogP contribution in [0.5, 0.6) is 0 Å². The summed E-state index contributed by atoms with van der Waals surface area (Å²) < 4.78 is 0. The molecule has 0 aliphatic rings. The van der Waals surface area contributed by atoms with Gasteiger partial charge in [0.15, 0.2) is 11.9 Å². The second-order valence-corrected chi connectivity index (χ2v) is 3.73. The molecular formula is C5H16N16O9. The molecule has 0 saturated heterocycles. The van der Waals surface area contributed by atoms with Crippen molar-refractivity contribution in [3.63, 3.8) is 0 Å². The zero-order valence-electron chi connectivity index (χ0n) is 14.6. The van der Waals surface area contributed by atoms with E-state index in [1.165, 1.54) is 0 Å². The first-order valence-electron chi connectivity index (χ1n) is 6.53. The molecule has 0 fully saturated rings. The lowest BCUT2D eigenvalue weighted by atomic mass is 10.8. The minimum Gasteiger partial charge on any atom is -0.445 e. The molecule has 0 radical (unpaired) electrons. The van der Waals surface area contributed by atoms with Crippen LogP contribution < -0.4 is 32.2 Å². The molecular weight excluding hydrogens is 428 g/mol. The molecule has 0 aromatic carbocycles. The van der Waals surface area contributed by atoms with E-state index in [1.54, 1.807) is 0 Å². The van der Waals surface area contributed by atoms with Gasteiger partial charge in [-0.3, -0.25) is 11.7 Å². The number of hydrogen-bond acceptors (Lipinski definition) is 13. The van der Waals surface area contributed by atoms with Crippen LogP contribution in [0.25, 0.3) is 10.9 Å². The van der Waals surface area contributed by atoms with Crippen LogP contribution in [-0.4, -0.2) is 81.0 Å². The molecule has 2 amide bonds. The number of carbonyl (C=O) groups excluding carboxylic acids is 1. The van der Waals surface area contributed by atoms with Crippen LogP contribution in [0.1, 0.15) is 0 Å². The smallest absolute Gasteiger partial charge is 0.402 e. The molecule has 0 aliphatic carbocycles. The van der Waals surface area contributed by atoms with E-state index >= 15 is 0 Å². The molecule has 2 heterocycles. The highest BCUT2D eigenvalue weighted by atomic mass is 16.7. The van der Waals surface area contributed by atoms with Crippen LogP contribution in [-0.2, 0) is 0 Å². The number of carbonyl (C=O) groups is 1. The number of nitro groups is 2. The van der Waals surface area contributed by atoms with Gasteiger partial charge in [-0.1, -0.05) is 21.3 Å². The maximum Gasteiger partial charge on any atom is 0.402 e. The molecule has 0 spiro atoms. The van der Waals surface area contributed by atoms with E-state index < -0.39 is 22.0 Å². The summed E-state index contributed by atoms with van der Waals surface area (Å²) in [5, 5.41) is 37.6. The van der Waals surface area contributed by atoms with Gasteiger partial charge in [-0.2, -0.15) is 10.9 Å². The van der Waals surface area contributed by atoms with Crippen molar-refractivity contribution >= 4 is 17.9 Å². The van der Waals surface area contributed by atoms with Gasteiger partial charge in [0.25, 0.3) is 0 Å². The van der Waals surface area contributed by atoms with Crippen LogP contribution in [0.15, 0.2) is 0 Å². The highest BCUT2D eigenvalue weighted by molar-refractivity contribution is 5.70. The van der Waals surface area contributed by atoms with Crippen molar-refractivity contribution in [3.05, 3.63) is 31.1 Å². The van der Waals surface area contributed by atoms with E-state index in [4.69, 9.17) is 9.68 Å². The highest BCUT2D eigenvalue weighted by Gasteiger charge is 2.04. The molecule has 170 valence electrons. The SMILES string of the molecule is O.O.O=[N+]([O-])[N-]c1nnnn1OCCOn1nnnc1[N-][N+](=O)[O-].[NH3+]NC(=O)N[NH3+]. The fourth-order valence-corrected chi connectivity index (χ4v) is 1.09. The molecule has 25 nitrogen and oxygen atoms in total. The molecule has 0 unspecified atom stereocenters. The first kappa shape index (κ1) is 27.5. The van der Waals surface area contributed by atoms with Crippen molar-refractivity contribution in [2.45, 2.75) is 0 Å². The summed E-state index contributed by atoms with van der Waals surface area (Å²) in [4.78, 5) is 41.2. The Morgan fingerprint density at radius 2 is 1.30 bits per heavy atom. The number of nitrogens with one attached hydrogen (secondary N) is 2. The minimum absolute atomic E-state index is 0. The number of aromatic nitrogens is 8. The van der Waals surface area contributed by atoms with Crippen LogP contribution in [0.4, 0.5) is 16.7 Å². The first-order chi connectivity index (χ1) is 13.4. The molecule has 2 aromatic heterocycles. The van der Waals surface area contributed by atoms with Crippen molar-refractivity contribution < 1.29 is 47.2 Å². The third-order valence-electron chi connectivity index (χ3n) is 2.03. The van der Waals surface area contributed by atoms with E-state index in [9.17, 15) is 25.0 Å². The third-order valence-corrected chi connectivity index (χ3v) is 2.03. The standard InChI is InChI=1S/C4H4N12O6.CH6N4O.2H2O/c17-15(18)7-3-5-9-11-13(3)21-1-2-22-14-4(6-10-12-14)8-16(19)20;2-4-1(6)5-3;;/h1-2H2;2-3H2,(H2,4,5,6);2*1H2/q-2;;;/p+2. The topological polar surface area (TPSA) is 380 Å². The highest BCUT2D eigenvalue weighted by Crippen LogP contribution is 2.10. The molecule has 0 saturated carbocycles. The second kappa shape index (κ2) is 14.3. The number of urea groups is 1. The zero-order valence-corrected chi connectivity index (χ0v) is 14.6. The number of rotatable bonds is 9. The molecule has 0 atom stereocenters. The predicted octanol–water partition coefficient (Wildman–Crippen LogP) is -7.44. The van der Waals surface area contributed by atoms with Crippen molar-refractivity contribution in [2.24, 2.45) is 0 Å². The predicted molar refractivity (Wildman–Crippen MR) is 83.2 cm³/mol. The van der Waals surface area contributed by atoms with Gasteiger partial charge in [0.2, 0.25) is 0 Å². The van der Waals surface area contributed by atoms with Gasteiger partial charge in [-0.25, -0.2) is 35.2 Å². The zero-order chi connectivity index (χ0) is 20.9. The third kappa shape index (κ3) is 9.81. The summed E-state index contributed by atoms with van der Waals surface area (Å²) in [6, 6.07) is -0.380. The Hall–Kier alpha value is -4.75. The van der Waals surface area contributed by atoms with Crippen molar-refractivity contribution in [1.82, 2.24) is 51.6 Å². The summed E-state index contributed by atoms with van der Waals surface area (Å²) in [6.45, 7) is -0.411. The van der Waals surface area contributed by atoms with Gasteiger partial charge in [-0.05, 0) is 0 Å². The van der Waals surface area contributed by atoms with Crippen LogP contribution in [0.2, 0.25) is 0 Å². The fraction of sp³-hybridized carbons (Fsp3) is 0.400. The first-order valence-corrected chi connectivity index (χ1v) is 6.53. The average Bonchev–Trinajstić information content (AvgIpc) is 3.27. The lowest BCUT2D eigenvalue weighted by molar-refractivity contribution is -0.451. The minimum atomic E-state index is -1.01. The molecule has 2 aromatic rings. The van der Waals surface area contributed by atoms with E-state index in [2.05, 4.69) is 64.4 Å². The quantitative estimate of drug-likeness (QED) is 0.159. The monoisotopic (exact) mass is 444 g/mol. The van der Waals surface area contributed by atoms with Crippen molar-refractivity contribution in [3.8, 4) is 0 Å². The second-order valence-electron chi connectivity index (χ2n) is 3.73. The van der Waals surface area contributed by atoms with Crippen molar-refractivity contribution in [2.75, 3.05) is 13.2 Å². The number of nitrogens with zero attached hydrogens (tertiary/aromatic N) is 12. The summed E-state index contributed by atoms with van der Waals surface area (Å²) in [5.74, 6) is 5.13. The van der Waals surface area contributed by atoms with Gasteiger partial charge in [0, 0.05) is 0 Å². The van der Waals surface area contributed by atoms with E-state index in [-0.39, 0.29) is 30.2 Å². The Balaban J connectivity index is 0. The summed E-state index contributed by atoms with van der Waals surface area (Å²) >= 11 is 0. The summed E-state index contributed by atoms with van der Waals surface area (Å²) in [6.07, 6.45) is 0. The molecule has 12 N–H and O–H groups in total. The van der Waals surface area contributed by atoms with Gasteiger partial charge in [-0.15, -0.1) is 20.1 Å². The van der Waals surface area contributed by atoms with E-state index in [0.717, 1.165) is 0 Å². The van der Waals surface area contributed by atoms with Gasteiger partial charge >= 0.3 is 6.03 Å². The molecule has 25 heteroatoms. The maximum absolute atomic E-state index is 10.2. The number of hydrogen-bond donors (Lipinski definition) is 4. The molecule has 2 rings (SSSR count).